The summed E-state index contributed by atoms with van der Waals surface area (Å²) in [4.78, 5) is 55.8. The van der Waals surface area contributed by atoms with E-state index in [9.17, 15) is 24.3 Å². The molecule has 3 aromatic rings. The van der Waals surface area contributed by atoms with E-state index in [-0.39, 0.29) is 43.9 Å². The van der Waals surface area contributed by atoms with Gasteiger partial charge in [-0.3, -0.25) is 19.2 Å². The van der Waals surface area contributed by atoms with Gasteiger partial charge >= 0.3 is 0 Å². The Labute approximate surface area is 244 Å². The number of hydrogen-bond donors (Lipinski definition) is 5. The van der Waals surface area contributed by atoms with E-state index in [1.165, 1.54) is 17.0 Å². The summed E-state index contributed by atoms with van der Waals surface area (Å²) in [6.07, 6.45) is 0.877. The molecule has 0 aromatic heterocycles. The minimum Gasteiger partial charge on any atom is -0.508 e. The number of phenols is 1. The van der Waals surface area contributed by atoms with Crippen LogP contribution in [0.3, 0.4) is 0 Å². The van der Waals surface area contributed by atoms with E-state index in [2.05, 4.69) is 16.0 Å². The van der Waals surface area contributed by atoms with Crippen molar-refractivity contribution in [3.05, 3.63) is 102 Å². The van der Waals surface area contributed by atoms with Crippen LogP contribution in [0.4, 0.5) is 0 Å². The number of nitrogens with one attached hydrogen (secondary N) is 3. The molecule has 0 radical (unpaired) electrons. The molecule has 2 saturated heterocycles. The Kier molecular flexibility index (Phi) is 8.83. The number of fused-ring (bicyclic) bond motifs is 2. The Morgan fingerprint density at radius 2 is 1.29 bits per heavy atom. The lowest BCUT2D eigenvalue weighted by atomic mass is 10.0. The lowest BCUT2D eigenvalue weighted by molar-refractivity contribution is -0.140. The summed E-state index contributed by atoms with van der Waals surface area (Å²) < 4.78 is 0. The summed E-state index contributed by atoms with van der Waals surface area (Å²) in [7, 11) is 0. The number of carbonyl (C=O) groups excluding carboxylic acids is 4. The molecule has 0 aliphatic carbocycles. The largest absolute Gasteiger partial charge is 0.508 e. The van der Waals surface area contributed by atoms with Crippen LogP contribution >= 0.6 is 0 Å². The Balaban J connectivity index is 1.41. The van der Waals surface area contributed by atoms with Crippen LogP contribution in [0.1, 0.15) is 23.1 Å². The van der Waals surface area contributed by atoms with Crippen LogP contribution in [0.25, 0.3) is 0 Å². The van der Waals surface area contributed by atoms with Gasteiger partial charge in [-0.1, -0.05) is 72.8 Å². The molecule has 42 heavy (non-hydrogen) atoms. The fraction of sp³-hybridized carbons (Fsp3) is 0.312. The zero-order chi connectivity index (χ0) is 29.6. The number of hydrogen-bond acceptors (Lipinski definition) is 6. The molecular weight excluding hydrogens is 534 g/mol. The van der Waals surface area contributed by atoms with Gasteiger partial charge in [-0.05, 0) is 41.7 Å². The van der Waals surface area contributed by atoms with Gasteiger partial charge < -0.3 is 31.7 Å². The van der Waals surface area contributed by atoms with Crippen LogP contribution < -0.4 is 21.7 Å². The molecule has 6 N–H and O–H groups in total. The van der Waals surface area contributed by atoms with Gasteiger partial charge in [0.25, 0.3) is 0 Å². The SMILES string of the molecule is N[C@@H](Cc1ccc(O)cc1)C(=O)N1C[C@H]2C[C@@H]1C(=O)N[C@H](Cc1ccccc1)C(=O)N[C@H](Cc1ccccc1)C(=O)N2. The number of likely N-dealkylation sites (tertiary alicyclic amines) is 1. The topological polar surface area (TPSA) is 154 Å². The Hall–Kier alpha value is -4.70. The predicted octanol–water partition coefficient (Wildman–Crippen LogP) is 0.816. The molecule has 218 valence electrons. The number of benzene rings is 3. The van der Waals surface area contributed by atoms with Gasteiger partial charge in [0.15, 0.2) is 0 Å². The van der Waals surface area contributed by atoms with E-state index in [0.717, 1.165) is 16.7 Å². The zero-order valence-electron chi connectivity index (χ0n) is 23.1. The Bertz CT molecular complexity index is 1420. The molecule has 4 amide bonds. The third-order valence-electron chi connectivity index (χ3n) is 7.77. The second-order valence-corrected chi connectivity index (χ2v) is 10.9. The van der Waals surface area contributed by atoms with Crippen molar-refractivity contribution in [2.24, 2.45) is 5.73 Å². The molecule has 2 aliphatic heterocycles. The number of nitrogens with zero attached hydrogens (tertiary/aromatic N) is 1. The summed E-state index contributed by atoms with van der Waals surface area (Å²) in [6.45, 7) is 0.112. The first kappa shape index (κ1) is 28.8. The quantitative estimate of drug-likeness (QED) is 0.284. The van der Waals surface area contributed by atoms with Gasteiger partial charge in [0.05, 0.1) is 6.04 Å². The number of carbonyl (C=O) groups is 4. The molecule has 5 atom stereocenters. The standard InChI is InChI=1S/C32H35N5O5/c33-25(15-22-11-13-24(38)14-12-22)32(42)37-19-23-18-28(37)31(41)36-27(17-21-9-5-2-6-10-21)30(40)35-26(29(39)34-23)16-20-7-3-1-4-8-20/h1-14,23,25-28,38H,15-19,33H2,(H,34,39)(H,35,40)(H,36,41)/t23-,25+,26-,27-,28-/m1/s1. The average molecular weight is 570 g/mol. The average Bonchev–Trinajstić information content (AvgIpc) is 3.41. The fourth-order valence-corrected chi connectivity index (χ4v) is 5.58. The molecule has 10 heteroatoms. The molecule has 0 unspecified atom stereocenters. The van der Waals surface area contributed by atoms with Crippen LogP contribution in [0, 0.1) is 0 Å². The third kappa shape index (κ3) is 6.95. The second kappa shape index (κ2) is 12.9. The lowest BCUT2D eigenvalue weighted by Gasteiger charge is -2.29. The van der Waals surface area contributed by atoms with Crippen molar-refractivity contribution in [3.63, 3.8) is 0 Å². The Morgan fingerprint density at radius 3 is 1.86 bits per heavy atom. The molecular formula is C32H35N5O5. The molecule has 5 rings (SSSR count). The number of phenolic OH excluding ortho intramolecular Hbond substituents is 1. The number of aromatic hydroxyl groups is 1. The van der Waals surface area contributed by atoms with Crippen molar-refractivity contribution >= 4 is 23.6 Å². The van der Waals surface area contributed by atoms with Gasteiger partial charge in [-0.15, -0.1) is 0 Å². The maximum atomic E-state index is 13.7. The van der Waals surface area contributed by atoms with Gasteiger partial charge in [0, 0.05) is 25.4 Å². The van der Waals surface area contributed by atoms with Gasteiger partial charge in [-0.2, -0.15) is 0 Å². The van der Waals surface area contributed by atoms with Gasteiger partial charge in [-0.25, -0.2) is 0 Å². The number of nitrogens with two attached hydrogens (primary N) is 1. The highest BCUT2D eigenvalue weighted by Crippen LogP contribution is 2.22. The van der Waals surface area contributed by atoms with Crippen LogP contribution in [0.2, 0.25) is 0 Å². The van der Waals surface area contributed by atoms with Gasteiger partial charge in [0.2, 0.25) is 23.6 Å². The van der Waals surface area contributed by atoms with Gasteiger partial charge in [0.1, 0.15) is 23.9 Å². The molecule has 2 aliphatic rings. The first-order chi connectivity index (χ1) is 20.3. The molecule has 10 nitrogen and oxygen atoms in total. The second-order valence-electron chi connectivity index (χ2n) is 10.9. The van der Waals surface area contributed by atoms with E-state index < -0.39 is 47.9 Å². The Morgan fingerprint density at radius 1 is 0.762 bits per heavy atom. The van der Waals surface area contributed by atoms with Crippen LogP contribution in [0.15, 0.2) is 84.9 Å². The highest BCUT2D eigenvalue weighted by atomic mass is 16.3. The molecule has 3 aromatic carbocycles. The van der Waals surface area contributed by atoms with Crippen LogP contribution in [-0.4, -0.2) is 70.4 Å². The highest BCUT2D eigenvalue weighted by Gasteiger charge is 2.44. The smallest absolute Gasteiger partial charge is 0.243 e. The van der Waals surface area contributed by atoms with Crippen LogP contribution in [-0.2, 0) is 38.4 Å². The maximum absolute atomic E-state index is 13.7. The summed E-state index contributed by atoms with van der Waals surface area (Å²) >= 11 is 0. The van der Waals surface area contributed by atoms with Crippen molar-refractivity contribution in [3.8, 4) is 5.75 Å². The van der Waals surface area contributed by atoms with Crippen molar-refractivity contribution in [2.75, 3.05) is 6.54 Å². The molecule has 2 bridgehead atoms. The van der Waals surface area contributed by atoms with E-state index >= 15 is 0 Å². The summed E-state index contributed by atoms with van der Waals surface area (Å²) in [5.74, 6) is -1.67. The zero-order valence-corrected chi connectivity index (χ0v) is 23.1. The molecule has 0 saturated carbocycles. The third-order valence-corrected chi connectivity index (χ3v) is 7.77. The van der Waals surface area contributed by atoms with Crippen molar-refractivity contribution in [1.29, 1.82) is 0 Å². The minimum atomic E-state index is -0.967. The lowest BCUT2D eigenvalue weighted by Crippen LogP contribution is -2.59. The first-order valence-corrected chi connectivity index (χ1v) is 14.1. The predicted molar refractivity (Wildman–Crippen MR) is 156 cm³/mol. The monoisotopic (exact) mass is 569 g/mol. The first-order valence-electron chi connectivity index (χ1n) is 14.1. The maximum Gasteiger partial charge on any atom is 0.243 e. The fourth-order valence-electron chi connectivity index (χ4n) is 5.58. The molecule has 0 spiro atoms. The number of rotatable bonds is 7. The minimum absolute atomic E-state index is 0.106. The van der Waals surface area contributed by atoms with Crippen molar-refractivity contribution < 1.29 is 24.3 Å². The van der Waals surface area contributed by atoms with E-state index in [1.54, 1.807) is 12.1 Å². The normalized spacial score (nSPS) is 23.3. The van der Waals surface area contributed by atoms with E-state index in [0.29, 0.717) is 0 Å². The molecule has 2 heterocycles. The molecule has 2 fully saturated rings. The van der Waals surface area contributed by atoms with Crippen molar-refractivity contribution in [1.82, 2.24) is 20.9 Å². The van der Waals surface area contributed by atoms with Crippen molar-refractivity contribution in [2.45, 2.75) is 55.9 Å². The summed E-state index contributed by atoms with van der Waals surface area (Å²) in [5, 5.41) is 18.3. The van der Waals surface area contributed by atoms with E-state index in [4.69, 9.17) is 5.73 Å². The summed E-state index contributed by atoms with van der Waals surface area (Å²) in [5.41, 5.74) is 8.78. The summed E-state index contributed by atoms with van der Waals surface area (Å²) in [6, 6.07) is 20.9. The highest BCUT2D eigenvalue weighted by molar-refractivity contribution is 5.96. The number of amides is 4. The van der Waals surface area contributed by atoms with Crippen LogP contribution in [0.5, 0.6) is 5.75 Å². The van der Waals surface area contributed by atoms with E-state index in [1.807, 2.05) is 60.7 Å².